The Bertz CT molecular complexity index is 1480. The molecule has 5 rings (SSSR count). The summed E-state index contributed by atoms with van der Waals surface area (Å²) in [6.45, 7) is 8.67. The highest BCUT2D eigenvalue weighted by molar-refractivity contribution is 7.14. The van der Waals surface area contributed by atoms with Crippen molar-refractivity contribution in [3.63, 3.8) is 0 Å². The van der Waals surface area contributed by atoms with Crippen molar-refractivity contribution in [2.45, 2.75) is 51.6 Å². The van der Waals surface area contributed by atoms with Crippen LogP contribution in [0.1, 0.15) is 55.2 Å². The summed E-state index contributed by atoms with van der Waals surface area (Å²) < 4.78 is 0. The third-order valence-electron chi connectivity index (χ3n) is 7.13. The Balaban J connectivity index is 0.00000370. The number of amides is 1. The molecule has 8 heteroatoms. The number of carbonyl (C=O) groups excluding carboxylic acids is 1. The van der Waals surface area contributed by atoms with Crippen LogP contribution in [0.4, 0.5) is 0 Å². The molecule has 1 fully saturated rings. The van der Waals surface area contributed by atoms with E-state index >= 15 is 0 Å². The Morgan fingerprint density at radius 3 is 2.65 bits per heavy atom. The summed E-state index contributed by atoms with van der Waals surface area (Å²) in [5.41, 5.74) is 5.95. The minimum atomic E-state index is -0.0115. The summed E-state index contributed by atoms with van der Waals surface area (Å²) in [5.74, 6) is 0.0233. The van der Waals surface area contributed by atoms with Crippen molar-refractivity contribution in [1.29, 1.82) is 0 Å². The molecule has 0 radical (unpaired) electrons. The van der Waals surface area contributed by atoms with Gasteiger partial charge in [-0.05, 0) is 77.4 Å². The lowest BCUT2D eigenvalue weighted by molar-refractivity contribution is 0.0694. The molecule has 2 aromatic carbocycles. The first-order chi connectivity index (χ1) is 18.7. The molecule has 1 amide bonds. The molecule has 0 aliphatic carbocycles. The third kappa shape index (κ3) is 7.26. The van der Waals surface area contributed by atoms with E-state index in [1.807, 2.05) is 53.6 Å². The van der Waals surface area contributed by atoms with Gasteiger partial charge in [0, 0.05) is 69.0 Å². The van der Waals surface area contributed by atoms with E-state index in [-0.39, 0.29) is 29.8 Å². The highest BCUT2D eigenvalue weighted by atomic mass is 35.5. The molecule has 0 bridgehead atoms. The SMILES string of the molecule is CC(C)(C)c1cc(-c2cc(-c3ccc(C(=O)N4CCCC(NCc5cccc(Cl)c5)C4)cc3Cl)cs2)ccn1.Cl. The summed E-state index contributed by atoms with van der Waals surface area (Å²) in [5, 5.41) is 7.03. The molecular formula is C32H34Cl3N3OS. The number of rotatable bonds is 6. The second-order valence-electron chi connectivity index (χ2n) is 11.2. The van der Waals surface area contributed by atoms with Crippen LogP contribution >= 0.6 is 46.9 Å². The number of thiophene rings is 1. The molecule has 1 unspecified atom stereocenters. The molecule has 1 atom stereocenters. The molecule has 40 heavy (non-hydrogen) atoms. The molecule has 1 aliphatic rings. The lowest BCUT2D eigenvalue weighted by Crippen LogP contribution is -2.47. The van der Waals surface area contributed by atoms with Gasteiger partial charge in [-0.1, -0.05) is 62.2 Å². The molecular weight excluding hydrogens is 581 g/mol. The number of piperidine rings is 1. The maximum absolute atomic E-state index is 13.4. The third-order valence-corrected chi connectivity index (χ3v) is 8.66. The molecule has 0 spiro atoms. The maximum Gasteiger partial charge on any atom is 0.253 e. The fourth-order valence-electron chi connectivity index (χ4n) is 4.92. The zero-order valence-corrected chi connectivity index (χ0v) is 26.1. The quantitative estimate of drug-likeness (QED) is 0.236. The number of likely N-dealkylation sites (tertiary alicyclic amines) is 1. The topological polar surface area (TPSA) is 45.2 Å². The van der Waals surface area contributed by atoms with Gasteiger partial charge in [-0.2, -0.15) is 0 Å². The van der Waals surface area contributed by atoms with Gasteiger partial charge in [-0.15, -0.1) is 23.7 Å². The van der Waals surface area contributed by atoms with Crippen molar-refractivity contribution in [2.75, 3.05) is 13.1 Å². The standard InChI is InChI=1S/C32H33Cl2N3OS.ClH/c1-32(2,3)30-17-22(11-12-35-30)29-16-24(20-39-29)27-10-9-23(15-28(27)34)31(38)37-13-5-8-26(19-37)36-18-21-6-4-7-25(33)14-21;/h4,6-7,9-12,14-17,20,26,36H,5,8,13,18-19H2,1-3H3;1H. The number of halogens is 3. The van der Waals surface area contributed by atoms with Crippen LogP contribution in [0.25, 0.3) is 21.6 Å². The van der Waals surface area contributed by atoms with Gasteiger partial charge in [0.05, 0.1) is 0 Å². The number of benzene rings is 2. The van der Waals surface area contributed by atoms with Crippen LogP contribution in [0.15, 0.2) is 72.2 Å². The van der Waals surface area contributed by atoms with Gasteiger partial charge < -0.3 is 10.2 Å². The van der Waals surface area contributed by atoms with E-state index in [2.05, 4.69) is 54.7 Å². The molecule has 0 saturated carbocycles. The van der Waals surface area contributed by atoms with Crippen LogP contribution in [-0.2, 0) is 12.0 Å². The monoisotopic (exact) mass is 613 g/mol. The Hall–Kier alpha value is -2.41. The fraction of sp³-hybridized carbons (Fsp3) is 0.312. The van der Waals surface area contributed by atoms with Crippen LogP contribution in [0.3, 0.4) is 0 Å². The highest BCUT2D eigenvalue weighted by Gasteiger charge is 2.25. The van der Waals surface area contributed by atoms with E-state index < -0.39 is 0 Å². The van der Waals surface area contributed by atoms with Crippen molar-refractivity contribution in [3.8, 4) is 21.6 Å². The first kappa shape index (κ1) is 30.5. The minimum absolute atomic E-state index is 0. The Morgan fingerprint density at radius 1 is 1.07 bits per heavy atom. The van der Waals surface area contributed by atoms with Crippen molar-refractivity contribution >= 4 is 52.9 Å². The Kier molecular flexibility index (Phi) is 9.97. The summed E-state index contributed by atoms with van der Waals surface area (Å²) in [7, 11) is 0. The average molecular weight is 615 g/mol. The van der Waals surface area contributed by atoms with E-state index in [9.17, 15) is 4.79 Å². The summed E-state index contributed by atoms with van der Waals surface area (Å²) in [6, 6.07) is 20.2. The summed E-state index contributed by atoms with van der Waals surface area (Å²) >= 11 is 14.6. The average Bonchev–Trinajstić information content (AvgIpc) is 3.41. The second-order valence-corrected chi connectivity index (χ2v) is 12.9. The van der Waals surface area contributed by atoms with Gasteiger partial charge >= 0.3 is 0 Å². The van der Waals surface area contributed by atoms with Crippen molar-refractivity contribution < 1.29 is 4.79 Å². The van der Waals surface area contributed by atoms with Gasteiger partial charge in [-0.3, -0.25) is 9.78 Å². The predicted molar refractivity (Wildman–Crippen MR) is 171 cm³/mol. The first-order valence-corrected chi connectivity index (χ1v) is 14.9. The highest BCUT2D eigenvalue weighted by Crippen LogP contribution is 2.37. The van der Waals surface area contributed by atoms with Crippen molar-refractivity contribution in [3.05, 3.63) is 99.1 Å². The minimum Gasteiger partial charge on any atom is -0.337 e. The number of carbonyl (C=O) groups is 1. The summed E-state index contributed by atoms with van der Waals surface area (Å²) in [4.78, 5) is 21.0. The van der Waals surface area contributed by atoms with Crippen molar-refractivity contribution in [2.24, 2.45) is 0 Å². The van der Waals surface area contributed by atoms with Crippen LogP contribution in [0.5, 0.6) is 0 Å². The number of nitrogens with one attached hydrogen (secondary N) is 1. The zero-order valence-electron chi connectivity index (χ0n) is 22.9. The van der Waals surface area contributed by atoms with E-state index in [1.54, 1.807) is 11.3 Å². The number of aromatic nitrogens is 1. The number of hydrogen-bond acceptors (Lipinski definition) is 4. The lowest BCUT2D eigenvalue weighted by atomic mass is 9.90. The van der Waals surface area contributed by atoms with Crippen LogP contribution < -0.4 is 5.32 Å². The van der Waals surface area contributed by atoms with E-state index in [0.717, 1.165) is 58.9 Å². The molecule has 2 aromatic heterocycles. The normalized spacial score (nSPS) is 15.5. The van der Waals surface area contributed by atoms with Gasteiger partial charge in [0.2, 0.25) is 0 Å². The van der Waals surface area contributed by atoms with Gasteiger partial charge in [-0.25, -0.2) is 0 Å². The van der Waals surface area contributed by atoms with Gasteiger partial charge in [0.25, 0.3) is 5.91 Å². The molecule has 210 valence electrons. The van der Waals surface area contributed by atoms with E-state index in [0.29, 0.717) is 17.1 Å². The lowest BCUT2D eigenvalue weighted by Gasteiger charge is -2.33. The molecule has 4 nitrogen and oxygen atoms in total. The molecule has 1 saturated heterocycles. The van der Waals surface area contributed by atoms with Gasteiger partial charge in [0.15, 0.2) is 0 Å². The Labute approximate surface area is 257 Å². The Morgan fingerprint density at radius 2 is 1.90 bits per heavy atom. The van der Waals surface area contributed by atoms with Crippen LogP contribution in [-0.4, -0.2) is 34.9 Å². The van der Waals surface area contributed by atoms with E-state index in [4.69, 9.17) is 23.2 Å². The molecule has 4 aromatic rings. The van der Waals surface area contributed by atoms with Crippen LogP contribution in [0, 0.1) is 0 Å². The zero-order chi connectivity index (χ0) is 27.6. The second kappa shape index (κ2) is 13.1. The first-order valence-electron chi connectivity index (χ1n) is 13.3. The number of pyridine rings is 1. The largest absolute Gasteiger partial charge is 0.337 e. The van der Waals surface area contributed by atoms with E-state index in [1.165, 1.54) is 4.88 Å². The predicted octanol–water partition coefficient (Wildman–Crippen LogP) is 8.90. The smallest absolute Gasteiger partial charge is 0.253 e. The van der Waals surface area contributed by atoms with Crippen molar-refractivity contribution in [1.82, 2.24) is 15.2 Å². The number of nitrogens with zero attached hydrogens (tertiary/aromatic N) is 2. The number of hydrogen-bond donors (Lipinski definition) is 1. The molecule has 3 heterocycles. The fourth-order valence-corrected chi connectivity index (χ4v) is 6.33. The maximum atomic E-state index is 13.4. The van der Waals surface area contributed by atoms with Gasteiger partial charge in [0.1, 0.15) is 0 Å². The van der Waals surface area contributed by atoms with Crippen LogP contribution in [0.2, 0.25) is 10.0 Å². The molecule has 1 aliphatic heterocycles. The molecule has 1 N–H and O–H groups in total. The summed E-state index contributed by atoms with van der Waals surface area (Å²) in [6.07, 6.45) is 3.88.